The summed E-state index contributed by atoms with van der Waals surface area (Å²) in [6, 6.07) is -4.69. The van der Waals surface area contributed by atoms with Crippen molar-refractivity contribution in [1.29, 1.82) is 0 Å². The zero-order chi connectivity index (χ0) is 33.4. The molecule has 1 fully saturated rings. The first-order chi connectivity index (χ1) is 21.4. The SMILES string of the molecule is CSCC[C@H](NC(=O)[C@@H]1CCCN1)C(=O)N[C@@H](CC(C)C)C(=O)N[C@@H](CCCN=C(N)N)C(=O)N[C@@H](Cc1cnc[nH]1)C(=O)O. The fourth-order valence-corrected chi connectivity index (χ4v) is 5.27. The highest BCUT2D eigenvalue weighted by Crippen LogP contribution is 2.11. The highest BCUT2D eigenvalue weighted by Gasteiger charge is 2.33. The van der Waals surface area contributed by atoms with Crippen LogP contribution in [0.1, 0.15) is 58.1 Å². The number of aromatic amines is 1. The molecule has 1 aromatic heterocycles. The number of nitrogens with zero attached hydrogens (tertiary/aromatic N) is 2. The molecule has 11 N–H and O–H groups in total. The van der Waals surface area contributed by atoms with Gasteiger partial charge in [0.15, 0.2) is 5.96 Å². The van der Waals surface area contributed by atoms with Crippen LogP contribution in [0.3, 0.4) is 0 Å². The lowest BCUT2D eigenvalue weighted by Crippen LogP contribution is -2.58. The summed E-state index contributed by atoms with van der Waals surface area (Å²) in [7, 11) is 0. The number of nitrogens with one attached hydrogen (secondary N) is 6. The fourth-order valence-electron chi connectivity index (χ4n) is 4.79. The molecule has 16 nitrogen and oxygen atoms in total. The molecule has 0 bridgehead atoms. The number of thioether (sulfide) groups is 1. The van der Waals surface area contributed by atoms with Gasteiger partial charge in [0.1, 0.15) is 24.2 Å². The quantitative estimate of drug-likeness (QED) is 0.0449. The van der Waals surface area contributed by atoms with Gasteiger partial charge in [-0.25, -0.2) is 9.78 Å². The monoisotopic (exact) mass is 652 g/mol. The van der Waals surface area contributed by atoms with Crippen LogP contribution in [0.15, 0.2) is 17.5 Å². The van der Waals surface area contributed by atoms with Crippen LogP contribution in [-0.4, -0.2) is 106 Å². The number of guanidine groups is 1. The Morgan fingerprint density at radius 2 is 1.67 bits per heavy atom. The van der Waals surface area contributed by atoms with Crippen molar-refractivity contribution in [2.24, 2.45) is 22.4 Å². The molecule has 1 aromatic rings. The Labute approximate surface area is 267 Å². The minimum atomic E-state index is -1.30. The number of amides is 4. The molecule has 0 saturated carbocycles. The molecule has 4 amide bonds. The summed E-state index contributed by atoms with van der Waals surface area (Å²) >= 11 is 1.53. The van der Waals surface area contributed by atoms with Crippen LogP contribution in [0.5, 0.6) is 0 Å². The second-order valence-electron chi connectivity index (χ2n) is 11.4. The van der Waals surface area contributed by atoms with E-state index >= 15 is 0 Å². The van der Waals surface area contributed by atoms with Crippen LogP contribution in [0, 0.1) is 5.92 Å². The largest absolute Gasteiger partial charge is 0.480 e. The van der Waals surface area contributed by atoms with Gasteiger partial charge in [-0.15, -0.1) is 0 Å². The van der Waals surface area contributed by atoms with Crippen LogP contribution >= 0.6 is 11.8 Å². The number of hydrogen-bond donors (Lipinski definition) is 9. The van der Waals surface area contributed by atoms with Crippen molar-refractivity contribution < 1.29 is 29.1 Å². The van der Waals surface area contributed by atoms with E-state index in [2.05, 4.69) is 41.5 Å². The van der Waals surface area contributed by atoms with Crippen molar-refractivity contribution in [2.45, 2.75) is 89.0 Å². The van der Waals surface area contributed by atoms with Crippen LogP contribution < -0.4 is 38.1 Å². The van der Waals surface area contributed by atoms with Crippen LogP contribution in [-0.2, 0) is 30.4 Å². The third kappa shape index (κ3) is 13.8. The number of rotatable bonds is 20. The van der Waals surface area contributed by atoms with Gasteiger partial charge in [0.25, 0.3) is 0 Å². The summed E-state index contributed by atoms with van der Waals surface area (Å²) < 4.78 is 0. The highest BCUT2D eigenvalue weighted by atomic mass is 32.2. The second-order valence-corrected chi connectivity index (χ2v) is 12.4. The first kappa shape index (κ1) is 37.3. The Balaban J connectivity index is 2.20. The van der Waals surface area contributed by atoms with Crippen molar-refractivity contribution in [3.63, 3.8) is 0 Å². The predicted molar refractivity (Wildman–Crippen MR) is 171 cm³/mol. The Bertz CT molecular complexity index is 1140. The average molecular weight is 653 g/mol. The molecule has 2 heterocycles. The lowest BCUT2D eigenvalue weighted by molar-refractivity contribution is -0.142. The molecule has 1 saturated heterocycles. The number of aliphatic carboxylic acids is 1. The molecular formula is C28H48N10O6S. The van der Waals surface area contributed by atoms with Gasteiger partial charge >= 0.3 is 5.97 Å². The molecular weight excluding hydrogens is 604 g/mol. The summed E-state index contributed by atoms with van der Waals surface area (Å²) in [5.41, 5.74) is 11.3. The number of carboxylic acids is 1. The minimum absolute atomic E-state index is 0.0112. The number of carbonyl (C=O) groups excluding carboxylic acids is 4. The fraction of sp³-hybridized carbons (Fsp3) is 0.679. The van der Waals surface area contributed by atoms with Crippen molar-refractivity contribution in [1.82, 2.24) is 36.6 Å². The number of aromatic nitrogens is 2. The number of nitrogens with two attached hydrogens (primary N) is 2. The standard InChI is InChI=1S/C28H48N10O6S/c1-16(2)12-21(37-25(41)20(8-11-45-3)36-23(39)18-6-4-9-32-18)26(42)35-19(7-5-10-33-28(29)30)24(40)38-22(27(43)44)13-17-14-31-15-34-17/h14-16,18-22,32H,4-13H2,1-3H3,(H,31,34)(H,35,42)(H,36,39)(H,37,41)(H,38,40)(H,43,44)(H4,29,30,33)/t18-,19-,20-,21-,22-/m0/s1. The lowest BCUT2D eigenvalue weighted by Gasteiger charge is -2.27. The Kier molecular flexibility index (Phi) is 16.2. The van der Waals surface area contributed by atoms with E-state index < -0.39 is 47.9 Å². The molecule has 252 valence electrons. The van der Waals surface area contributed by atoms with Gasteiger partial charge in [0.05, 0.1) is 12.4 Å². The molecule has 0 aromatic carbocycles. The number of carboxylic acid groups (broad SMARTS) is 1. The molecule has 0 unspecified atom stereocenters. The molecule has 17 heteroatoms. The molecule has 0 spiro atoms. The summed E-state index contributed by atoms with van der Waals surface area (Å²) in [6.45, 7) is 4.68. The first-order valence-electron chi connectivity index (χ1n) is 15.1. The third-order valence-electron chi connectivity index (χ3n) is 7.13. The van der Waals surface area contributed by atoms with Gasteiger partial charge in [-0.05, 0) is 63.0 Å². The van der Waals surface area contributed by atoms with Gasteiger partial charge in [-0.1, -0.05) is 13.8 Å². The number of carbonyl (C=O) groups is 5. The maximum atomic E-state index is 13.6. The number of imidazole rings is 1. The highest BCUT2D eigenvalue weighted by molar-refractivity contribution is 7.98. The smallest absolute Gasteiger partial charge is 0.326 e. The molecule has 5 atom stereocenters. The normalized spacial score (nSPS) is 17.0. The predicted octanol–water partition coefficient (Wildman–Crippen LogP) is -1.42. The maximum absolute atomic E-state index is 13.6. The molecule has 0 aliphatic carbocycles. The summed E-state index contributed by atoms with van der Waals surface area (Å²) in [5.74, 6) is -2.90. The van der Waals surface area contributed by atoms with E-state index in [1.165, 1.54) is 24.3 Å². The van der Waals surface area contributed by atoms with E-state index in [9.17, 15) is 29.1 Å². The van der Waals surface area contributed by atoms with Crippen LogP contribution in [0.25, 0.3) is 0 Å². The van der Waals surface area contributed by atoms with Crippen molar-refractivity contribution in [3.8, 4) is 0 Å². The van der Waals surface area contributed by atoms with E-state index in [0.717, 1.165) is 13.0 Å². The van der Waals surface area contributed by atoms with E-state index in [0.29, 0.717) is 30.7 Å². The second kappa shape index (κ2) is 19.5. The van der Waals surface area contributed by atoms with E-state index in [1.807, 2.05) is 20.1 Å². The third-order valence-corrected chi connectivity index (χ3v) is 7.78. The molecule has 1 aliphatic heterocycles. The Morgan fingerprint density at radius 3 is 2.22 bits per heavy atom. The van der Waals surface area contributed by atoms with Crippen molar-refractivity contribution >= 4 is 47.3 Å². The van der Waals surface area contributed by atoms with Gasteiger partial charge in [-0.2, -0.15) is 11.8 Å². The zero-order valence-electron chi connectivity index (χ0n) is 26.1. The average Bonchev–Trinajstić information content (AvgIpc) is 3.70. The molecule has 2 rings (SSSR count). The van der Waals surface area contributed by atoms with Crippen LogP contribution in [0.4, 0.5) is 0 Å². The molecule has 1 aliphatic rings. The number of H-pyrrole nitrogens is 1. The summed E-state index contributed by atoms with van der Waals surface area (Å²) in [4.78, 5) is 75.7. The Morgan fingerprint density at radius 1 is 1.02 bits per heavy atom. The Hall–Kier alpha value is -3.86. The van der Waals surface area contributed by atoms with Gasteiger partial charge in [0, 0.05) is 24.9 Å². The van der Waals surface area contributed by atoms with Crippen LogP contribution in [0.2, 0.25) is 0 Å². The zero-order valence-corrected chi connectivity index (χ0v) is 27.0. The van der Waals surface area contributed by atoms with E-state index in [4.69, 9.17) is 11.5 Å². The molecule has 0 radical (unpaired) electrons. The minimum Gasteiger partial charge on any atom is -0.480 e. The van der Waals surface area contributed by atoms with Gasteiger partial charge in [-0.3, -0.25) is 24.2 Å². The van der Waals surface area contributed by atoms with Gasteiger partial charge < -0.3 is 48.1 Å². The first-order valence-corrected chi connectivity index (χ1v) is 16.5. The summed E-state index contributed by atoms with van der Waals surface area (Å²) in [5, 5.41) is 23.6. The topological polar surface area (TPSA) is 259 Å². The molecule has 45 heavy (non-hydrogen) atoms. The number of hydrogen-bond acceptors (Lipinski definition) is 9. The van der Waals surface area contributed by atoms with E-state index in [1.54, 1.807) is 0 Å². The van der Waals surface area contributed by atoms with Gasteiger partial charge in [0.2, 0.25) is 23.6 Å². The van der Waals surface area contributed by atoms with Crippen molar-refractivity contribution in [2.75, 3.05) is 25.1 Å². The van der Waals surface area contributed by atoms with Crippen molar-refractivity contribution in [3.05, 3.63) is 18.2 Å². The maximum Gasteiger partial charge on any atom is 0.326 e. The lowest BCUT2D eigenvalue weighted by atomic mass is 10.0. The summed E-state index contributed by atoms with van der Waals surface area (Å²) in [6.07, 6.45) is 7.25. The number of aliphatic imine (C=N–C) groups is 1. The van der Waals surface area contributed by atoms with E-state index in [-0.39, 0.29) is 49.6 Å².